The fourth-order valence-electron chi connectivity index (χ4n) is 2.14. The number of hydrogen-bond acceptors (Lipinski definition) is 4. The number of nitrogen functional groups attached to an aromatic ring is 1. The Balaban J connectivity index is 2.47. The first kappa shape index (κ1) is 15.0. The highest BCUT2D eigenvalue weighted by atomic mass is 35.5. The Morgan fingerprint density at radius 1 is 1.47 bits per heavy atom. The van der Waals surface area contributed by atoms with E-state index in [2.05, 4.69) is 0 Å². The van der Waals surface area contributed by atoms with Crippen LogP contribution in [0.3, 0.4) is 0 Å². The van der Waals surface area contributed by atoms with Crippen molar-refractivity contribution in [2.75, 3.05) is 23.8 Å². The van der Waals surface area contributed by atoms with Crippen molar-refractivity contribution in [3.63, 3.8) is 0 Å². The number of nitrogens with two attached hydrogens (primary N) is 1. The molecule has 0 amide bonds. The maximum absolute atomic E-state index is 12.7. The lowest BCUT2D eigenvalue weighted by molar-refractivity contribution is 0.367. The lowest BCUT2D eigenvalue weighted by Gasteiger charge is -2.32. The molecule has 0 aromatic heterocycles. The molecule has 19 heavy (non-hydrogen) atoms. The Morgan fingerprint density at radius 2 is 2.16 bits per heavy atom. The largest absolute Gasteiger partial charge is 0.397 e. The van der Waals surface area contributed by atoms with Crippen LogP contribution in [0.1, 0.15) is 12.5 Å². The van der Waals surface area contributed by atoms with Crippen LogP contribution >= 0.6 is 23.4 Å². The lowest BCUT2D eigenvalue weighted by atomic mass is 10.2. The molecular formula is C12H17ClN2O2S2. The second-order valence-corrected chi connectivity index (χ2v) is 8.09. The van der Waals surface area contributed by atoms with Crippen LogP contribution in [0.25, 0.3) is 0 Å². The molecule has 0 bridgehead atoms. The molecule has 1 atom stereocenters. The Labute approximate surface area is 123 Å². The van der Waals surface area contributed by atoms with Gasteiger partial charge in [-0.25, -0.2) is 8.42 Å². The summed E-state index contributed by atoms with van der Waals surface area (Å²) >= 11 is 7.69. The molecule has 4 nitrogen and oxygen atoms in total. The molecule has 0 saturated carbocycles. The van der Waals surface area contributed by atoms with Crippen LogP contribution in [0.4, 0.5) is 5.69 Å². The summed E-state index contributed by atoms with van der Waals surface area (Å²) in [5.74, 6) is 1.65. The van der Waals surface area contributed by atoms with Gasteiger partial charge in [0.2, 0.25) is 10.0 Å². The topological polar surface area (TPSA) is 63.4 Å². The van der Waals surface area contributed by atoms with Crippen LogP contribution in [0.2, 0.25) is 5.02 Å². The summed E-state index contributed by atoms with van der Waals surface area (Å²) in [6, 6.07) is 3.06. The fourth-order valence-corrected chi connectivity index (χ4v) is 5.46. The first-order valence-corrected chi connectivity index (χ1v) is 8.96. The van der Waals surface area contributed by atoms with E-state index in [9.17, 15) is 8.42 Å². The highest BCUT2D eigenvalue weighted by molar-refractivity contribution is 7.99. The molecule has 1 unspecified atom stereocenters. The van der Waals surface area contributed by atoms with Gasteiger partial charge in [-0.05, 0) is 31.5 Å². The zero-order valence-electron chi connectivity index (χ0n) is 10.9. The summed E-state index contributed by atoms with van der Waals surface area (Å²) in [5.41, 5.74) is 6.66. The van der Waals surface area contributed by atoms with Crippen LogP contribution in [0, 0.1) is 6.92 Å². The molecular weight excluding hydrogens is 304 g/mol. The van der Waals surface area contributed by atoms with E-state index in [0.717, 1.165) is 11.5 Å². The van der Waals surface area contributed by atoms with Crippen molar-refractivity contribution in [1.29, 1.82) is 0 Å². The van der Waals surface area contributed by atoms with E-state index in [1.54, 1.807) is 29.1 Å². The van der Waals surface area contributed by atoms with Gasteiger partial charge in [0.05, 0.1) is 15.6 Å². The van der Waals surface area contributed by atoms with Crippen molar-refractivity contribution in [3.8, 4) is 0 Å². The van der Waals surface area contributed by atoms with Gasteiger partial charge in [-0.3, -0.25) is 0 Å². The van der Waals surface area contributed by atoms with Crippen LogP contribution in [-0.2, 0) is 10.0 Å². The monoisotopic (exact) mass is 320 g/mol. The second kappa shape index (κ2) is 5.52. The second-order valence-electron chi connectivity index (χ2n) is 4.68. The predicted molar refractivity (Wildman–Crippen MR) is 81.3 cm³/mol. The number of aryl methyl sites for hydroxylation is 1. The SMILES string of the molecule is Cc1cc(Cl)c(N)cc1S(=O)(=O)N1CCSCC1C. The number of thioether (sulfide) groups is 1. The molecule has 0 spiro atoms. The van der Waals surface area contributed by atoms with Crippen LogP contribution in [-0.4, -0.2) is 36.8 Å². The van der Waals surface area contributed by atoms with Crippen LogP contribution < -0.4 is 5.73 Å². The summed E-state index contributed by atoms with van der Waals surface area (Å²) in [5, 5.41) is 0.388. The van der Waals surface area contributed by atoms with Gasteiger partial charge in [0.1, 0.15) is 0 Å². The molecule has 106 valence electrons. The highest BCUT2D eigenvalue weighted by Crippen LogP contribution is 2.30. The number of halogens is 1. The van der Waals surface area contributed by atoms with Gasteiger partial charge in [0.15, 0.2) is 0 Å². The molecule has 2 N–H and O–H groups in total. The molecule has 1 aliphatic heterocycles. The first-order valence-electron chi connectivity index (χ1n) is 5.99. The van der Waals surface area contributed by atoms with Crippen molar-refractivity contribution in [1.82, 2.24) is 4.31 Å². The van der Waals surface area contributed by atoms with Gasteiger partial charge >= 0.3 is 0 Å². The highest BCUT2D eigenvalue weighted by Gasteiger charge is 2.32. The van der Waals surface area contributed by atoms with Gasteiger partial charge in [0.25, 0.3) is 0 Å². The maximum atomic E-state index is 12.7. The van der Waals surface area contributed by atoms with Crippen LogP contribution in [0.15, 0.2) is 17.0 Å². The zero-order valence-corrected chi connectivity index (χ0v) is 13.3. The molecule has 1 aromatic carbocycles. The van der Waals surface area contributed by atoms with Crippen molar-refractivity contribution in [2.24, 2.45) is 0 Å². The third-order valence-corrected chi connectivity index (χ3v) is 6.86. The summed E-state index contributed by atoms with van der Waals surface area (Å²) in [7, 11) is -3.50. The van der Waals surface area contributed by atoms with E-state index in [4.69, 9.17) is 17.3 Å². The van der Waals surface area contributed by atoms with Crippen LogP contribution in [0.5, 0.6) is 0 Å². The van der Waals surface area contributed by atoms with Gasteiger partial charge in [0, 0.05) is 24.1 Å². The minimum absolute atomic E-state index is 0.0000487. The summed E-state index contributed by atoms with van der Waals surface area (Å²) in [6.07, 6.45) is 0. The Bertz CT molecular complexity index is 590. The van der Waals surface area contributed by atoms with Crippen molar-refractivity contribution in [2.45, 2.75) is 24.8 Å². The van der Waals surface area contributed by atoms with Gasteiger partial charge in [-0.1, -0.05) is 11.6 Å². The van der Waals surface area contributed by atoms with E-state index in [-0.39, 0.29) is 10.9 Å². The Hall–Kier alpha value is -0.430. The number of benzene rings is 1. The van der Waals surface area contributed by atoms with E-state index < -0.39 is 10.0 Å². The molecule has 1 saturated heterocycles. The third-order valence-electron chi connectivity index (χ3n) is 3.19. The van der Waals surface area contributed by atoms with Crippen molar-refractivity contribution in [3.05, 3.63) is 22.7 Å². The first-order chi connectivity index (χ1) is 8.84. The van der Waals surface area contributed by atoms with Gasteiger partial charge < -0.3 is 5.73 Å². The Morgan fingerprint density at radius 3 is 2.79 bits per heavy atom. The van der Waals surface area contributed by atoms with E-state index in [1.807, 2.05) is 6.92 Å². The van der Waals surface area contributed by atoms with E-state index >= 15 is 0 Å². The minimum atomic E-state index is -3.50. The van der Waals surface area contributed by atoms with E-state index in [0.29, 0.717) is 22.8 Å². The molecule has 1 aromatic rings. The average Bonchev–Trinajstić information content (AvgIpc) is 2.34. The molecule has 2 rings (SSSR count). The minimum Gasteiger partial charge on any atom is -0.397 e. The van der Waals surface area contributed by atoms with Gasteiger partial charge in [-0.2, -0.15) is 16.1 Å². The van der Waals surface area contributed by atoms with Crippen molar-refractivity contribution < 1.29 is 8.42 Å². The molecule has 1 heterocycles. The summed E-state index contributed by atoms with van der Waals surface area (Å²) in [4.78, 5) is 0.258. The quantitative estimate of drug-likeness (QED) is 0.850. The molecule has 1 fully saturated rings. The summed E-state index contributed by atoms with van der Waals surface area (Å²) < 4.78 is 27.0. The number of rotatable bonds is 2. The number of anilines is 1. The number of hydrogen-bond donors (Lipinski definition) is 1. The molecule has 1 aliphatic rings. The molecule has 0 radical (unpaired) electrons. The summed E-state index contributed by atoms with van der Waals surface area (Å²) in [6.45, 7) is 4.20. The van der Waals surface area contributed by atoms with E-state index in [1.165, 1.54) is 6.07 Å². The third kappa shape index (κ3) is 2.86. The lowest BCUT2D eigenvalue weighted by Crippen LogP contribution is -2.44. The zero-order chi connectivity index (χ0) is 14.2. The standard InChI is InChI=1S/C12H17ClN2O2S2/c1-8-5-10(13)11(14)6-12(8)19(16,17)15-3-4-18-7-9(15)2/h5-6,9H,3-4,7,14H2,1-2H3. The average molecular weight is 321 g/mol. The Kier molecular flexibility index (Phi) is 4.35. The molecule has 0 aliphatic carbocycles. The van der Waals surface area contributed by atoms with Crippen molar-refractivity contribution >= 4 is 39.1 Å². The smallest absolute Gasteiger partial charge is 0.243 e. The maximum Gasteiger partial charge on any atom is 0.243 e. The normalized spacial score (nSPS) is 21.5. The number of sulfonamides is 1. The number of nitrogens with zero attached hydrogens (tertiary/aromatic N) is 1. The molecule has 7 heteroatoms. The van der Waals surface area contributed by atoms with Gasteiger partial charge in [-0.15, -0.1) is 0 Å². The predicted octanol–water partition coefficient (Wildman–Crippen LogP) is 2.36. The fraction of sp³-hybridized carbons (Fsp3) is 0.500.